The van der Waals surface area contributed by atoms with Crippen molar-refractivity contribution in [1.29, 1.82) is 0 Å². The van der Waals surface area contributed by atoms with Crippen molar-refractivity contribution < 1.29 is 23.9 Å². The number of piperidine rings is 1. The molecule has 3 N–H and O–H groups in total. The number of aromatic nitrogens is 2. The van der Waals surface area contributed by atoms with Crippen LogP contribution in [0.3, 0.4) is 0 Å². The molecule has 2 aromatic heterocycles. The smallest absolute Gasteiger partial charge is 0.324 e. The SMILES string of the molecule is CCn1c(-c2cc(N3CCN4CCCC[C@@H]4C3)cnc2C(C)C)c2c3cc(ccc31)C1=CCCN(C1)C[C@H](NC(=O)[C@H](C1CCCC1)N1CC[C@]3(CCN(C(=O)[C@@H]4N[C@@H]4C4CC4)C3)C1)C(=O)N1CCC[C@H](N1)C(=O)OCC(C)(C)C2. The average molecular weight is 1090 g/mol. The molecule has 6 saturated heterocycles. The summed E-state index contributed by atoms with van der Waals surface area (Å²) in [4.78, 5) is 76.1. The molecule has 16 heteroatoms. The number of nitrogens with zero attached hydrogens (tertiary/aromatic N) is 8. The van der Waals surface area contributed by atoms with Gasteiger partial charge >= 0.3 is 5.97 Å². The molecular formula is C64H91N11O5. The van der Waals surface area contributed by atoms with E-state index >= 15 is 9.59 Å². The first kappa shape index (κ1) is 54.4. The number of amides is 3. The molecule has 80 heavy (non-hydrogen) atoms. The summed E-state index contributed by atoms with van der Waals surface area (Å²) in [6.07, 6.45) is 19.6. The third-order valence-electron chi connectivity index (χ3n) is 20.8. The molecule has 10 heterocycles. The largest absolute Gasteiger partial charge is 0.464 e. The van der Waals surface area contributed by atoms with Crippen LogP contribution in [0.1, 0.15) is 147 Å². The number of rotatable bonds is 10. The predicted molar refractivity (Wildman–Crippen MR) is 313 cm³/mol. The van der Waals surface area contributed by atoms with Gasteiger partial charge in [0.1, 0.15) is 18.1 Å². The van der Waals surface area contributed by atoms with Crippen LogP contribution >= 0.6 is 0 Å². The molecule has 6 bridgehead atoms. The monoisotopic (exact) mass is 1090 g/mol. The lowest BCUT2D eigenvalue weighted by atomic mass is 9.83. The number of hydrogen-bond donors (Lipinski definition) is 3. The standard InChI is InChI=1S/C64H91N11O5/c1-6-74-53-21-20-44-31-48(53)50(58(74)49-32-47(34-65-54(49)41(2)3)71-30-29-70-25-10-9-16-46(70)36-71)33-63(4,5)40-80-62(79)51-17-12-26-75(68-51)60(77)52(37-69-24-11-15-45(44)35-69)66-59(76)57(43-13-7-8-14-43)72-27-22-64(38-72)23-28-73(39-64)61(78)56-55(67-56)42-18-19-42/h15,20-21,31-32,34,41-43,46,51-52,55-57,67-68H,6-14,16-19,22-30,33,35-40H2,1-5H3,(H,66,76)/t46-,51+,52+,55-,56-,57+,64+/m1/s1. The van der Waals surface area contributed by atoms with Gasteiger partial charge in [0, 0.05) is 111 Å². The van der Waals surface area contributed by atoms with Gasteiger partial charge in [-0.1, -0.05) is 59.1 Å². The van der Waals surface area contributed by atoms with E-state index in [1.807, 2.05) is 0 Å². The summed E-state index contributed by atoms with van der Waals surface area (Å²) in [6.45, 7) is 21.8. The maximum absolute atomic E-state index is 15.3. The van der Waals surface area contributed by atoms with Crippen LogP contribution in [0.25, 0.3) is 27.7 Å². The topological polar surface area (TPSA) is 161 Å². The summed E-state index contributed by atoms with van der Waals surface area (Å²) in [5.74, 6) is 0.694. The highest BCUT2D eigenvalue weighted by atomic mass is 16.5. The van der Waals surface area contributed by atoms with Crippen molar-refractivity contribution in [2.45, 2.75) is 180 Å². The molecule has 1 spiro atoms. The second-order valence-corrected chi connectivity index (χ2v) is 27.5. The summed E-state index contributed by atoms with van der Waals surface area (Å²) in [6, 6.07) is 8.49. The number of cyclic esters (lactones) is 1. The number of carbonyl (C=O) groups is 4. The number of pyridine rings is 1. The van der Waals surface area contributed by atoms with E-state index in [4.69, 9.17) is 9.72 Å². The van der Waals surface area contributed by atoms with E-state index in [-0.39, 0.29) is 59.6 Å². The van der Waals surface area contributed by atoms with E-state index in [1.54, 1.807) is 5.01 Å². The summed E-state index contributed by atoms with van der Waals surface area (Å²) in [5.41, 5.74) is 12.4. The number of fused-ring (bicyclic) bond motifs is 7. The molecule has 8 atom stereocenters. The summed E-state index contributed by atoms with van der Waals surface area (Å²) in [5, 5.41) is 9.75. The first-order valence-corrected chi connectivity index (χ1v) is 31.6. The first-order chi connectivity index (χ1) is 38.7. The van der Waals surface area contributed by atoms with Crippen LogP contribution in [0.15, 0.2) is 36.5 Å². The number of benzene rings is 1. The van der Waals surface area contributed by atoms with Gasteiger partial charge in [-0.05, 0) is 150 Å². The maximum atomic E-state index is 15.3. The van der Waals surface area contributed by atoms with Gasteiger partial charge in [-0.3, -0.25) is 49.2 Å². The third-order valence-corrected chi connectivity index (χ3v) is 20.8. The van der Waals surface area contributed by atoms with Gasteiger partial charge in [0.25, 0.3) is 5.91 Å². The number of nitrogens with one attached hydrogen (secondary N) is 3. The quantitative estimate of drug-likeness (QED) is 0.142. The van der Waals surface area contributed by atoms with Crippen molar-refractivity contribution in [1.82, 2.24) is 50.2 Å². The summed E-state index contributed by atoms with van der Waals surface area (Å²) in [7, 11) is 0. The van der Waals surface area contributed by atoms with Crippen LogP contribution in [-0.2, 0) is 36.9 Å². The number of anilines is 1. The highest BCUT2D eigenvalue weighted by Gasteiger charge is 2.55. The van der Waals surface area contributed by atoms with E-state index in [0.717, 1.165) is 115 Å². The molecule has 8 aliphatic heterocycles. The molecule has 1 aromatic carbocycles. The third kappa shape index (κ3) is 10.8. The number of ether oxygens (including phenoxy) is 1. The number of carbonyl (C=O) groups excluding carboxylic acids is 4. The van der Waals surface area contributed by atoms with Crippen molar-refractivity contribution >= 4 is 45.9 Å². The lowest BCUT2D eigenvalue weighted by Crippen LogP contribution is -2.63. The van der Waals surface area contributed by atoms with Crippen molar-refractivity contribution in [3.8, 4) is 11.3 Å². The van der Waals surface area contributed by atoms with Gasteiger partial charge in [0.2, 0.25) is 11.8 Å². The molecule has 2 aliphatic carbocycles. The Morgan fingerprint density at radius 3 is 2.52 bits per heavy atom. The molecule has 2 saturated carbocycles. The lowest BCUT2D eigenvalue weighted by Gasteiger charge is -2.45. The summed E-state index contributed by atoms with van der Waals surface area (Å²) < 4.78 is 8.86. The Labute approximate surface area is 475 Å². The van der Waals surface area contributed by atoms with Crippen LogP contribution in [0.2, 0.25) is 0 Å². The Balaban J connectivity index is 0.810. The first-order valence-electron chi connectivity index (χ1n) is 31.6. The van der Waals surface area contributed by atoms with E-state index in [1.165, 1.54) is 77.6 Å². The fraction of sp³-hybridized carbons (Fsp3) is 0.703. The Hall–Kier alpha value is -4.87. The summed E-state index contributed by atoms with van der Waals surface area (Å²) >= 11 is 0. The van der Waals surface area contributed by atoms with E-state index in [9.17, 15) is 9.59 Å². The second kappa shape index (κ2) is 22.0. The number of aryl methyl sites for hydroxylation is 1. The molecule has 13 rings (SSSR count). The highest BCUT2D eigenvalue weighted by Crippen LogP contribution is 2.46. The molecule has 432 valence electrons. The van der Waals surface area contributed by atoms with Gasteiger partial charge in [-0.15, -0.1) is 0 Å². The Bertz CT molecular complexity index is 2890. The predicted octanol–water partition coefficient (Wildman–Crippen LogP) is 6.95. The molecule has 16 nitrogen and oxygen atoms in total. The zero-order valence-corrected chi connectivity index (χ0v) is 48.8. The van der Waals surface area contributed by atoms with Crippen LogP contribution in [0.5, 0.6) is 0 Å². The van der Waals surface area contributed by atoms with E-state index in [0.29, 0.717) is 56.9 Å². The zero-order valence-electron chi connectivity index (χ0n) is 48.8. The second-order valence-electron chi connectivity index (χ2n) is 27.5. The zero-order chi connectivity index (χ0) is 55.0. The van der Waals surface area contributed by atoms with Gasteiger partial charge in [-0.2, -0.15) is 0 Å². The Kier molecular flexibility index (Phi) is 15.0. The van der Waals surface area contributed by atoms with Crippen molar-refractivity contribution in [3.05, 3.63) is 53.4 Å². The molecule has 0 radical (unpaired) electrons. The van der Waals surface area contributed by atoms with Crippen LogP contribution < -0.4 is 21.0 Å². The average Bonchev–Trinajstić information content (AvgIpc) is 4.45. The number of hydrogen-bond acceptors (Lipinski definition) is 12. The van der Waals surface area contributed by atoms with Gasteiger partial charge < -0.3 is 24.4 Å². The molecule has 1 unspecified atom stereocenters. The number of likely N-dealkylation sites (tertiary alicyclic amines) is 2. The van der Waals surface area contributed by atoms with E-state index < -0.39 is 17.5 Å². The van der Waals surface area contributed by atoms with E-state index in [2.05, 4.69) is 116 Å². The highest BCUT2D eigenvalue weighted by molar-refractivity contribution is 5.95. The van der Waals surface area contributed by atoms with Crippen LogP contribution in [-0.4, -0.2) is 179 Å². The van der Waals surface area contributed by atoms with Crippen LogP contribution in [0, 0.1) is 22.7 Å². The van der Waals surface area contributed by atoms with Gasteiger partial charge in [0.15, 0.2) is 0 Å². The molecule has 3 aromatic rings. The van der Waals surface area contributed by atoms with Crippen molar-refractivity contribution in [2.75, 3.05) is 90.0 Å². The number of hydrazine groups is 1. The van der Waals surface area contributed by atoms with Crippen molar-refractivity contribution in [3.63, 3.8) is 0 Å². The molecule has 3 amide bonds. The van der Waals surface area contributed by atoms with Crippen LogP contribution in [0.4, 0.5) is 5.69 Å². The van der Waals surface area contributed by atoms with Gasteiger partial charge in [-0.25, -0.2) is 5.43 Å². The number of esters is 1. The minimum Gasteiger partial charge on any atom is -0.464 e. The molecule has 10 aliphatic rings. The Morgan fingerprint density at radius 1 is 0.887 bits per heavy atom. The lowest BCUT2D eigenvalue weighted by molar-refractivity contribution is -0.155. The Morgan fingerprint density at radius 2 is 1.71 bits per heavy atom. The van der Waals surface area contributed by atoms with Crippen molar-refractivity contribution in [2.24, 2.45) is 22.7 Å². The fourth-order valence-electron chi connectivity index (χ4n) is 16.2. The maximum Gasteiger partial charge on any atom is 0.324 e. The minimum atomic E-state index is -0.839. The number of piperazine rings is 1. The molecule has 8 fully saturated rings. The minimum absolute atomic E-state index is 0.0161. The normalized spacial score (nSPS) is 31.1. The molecular weight excluding hydrogens is 1000 g/mol. The van der Waals surface area contributed by atoms with Gasteiger partial charge in [0.05, 0.1) is 35.9 Å². The fourth-order valence-corrected chi connectivity index (χ4v) is 16.2.